The Balaban J connectivity index is 3.49. The van der Waals surface area contributed by atoms with E-state index in [1.807, 2.05) is 0 Å². The molecule has 1 N–H and O–H groups in total. The van der Waals surface area contributed by atoms with Gasteiger partial charge in [0.2, 0.25) is 0 Å². The third kappa shape index (κ3) is 2.55. The molecule has 0 saturated carbocycles. The summed E-state index contributed by atoms with van der Waals surface area (Å²) >= 11 is 0. The summed E-state index contributed by atoms with van der Waals surface area (Å²) in [5, 5.41) is 0. The molecule has 0 fully saturated rings. The van der Waals surface area contributed by atoms with Gasteiger partial charge in [0.1, 0.15) is 5.69 Å². The lowest BCUT2D eigenvalue weighted by atomic mass is 10.0. The van der Waals surface area contributed by atoms with Gasteiger partial charge in [0.05, 0.1) is 17.7 Å². The molecule has 0 bridgehead atoms. The zero-order valence-corrected chi connectivity index (χ0v) is 10.1. The lowest BCUT2D eigenvalue weighted by Crippen LogP contribution is -2.16. The van der Waals surface area contributed by atoms with Gasteiger partial charge in [-0.05, 0) is 20.8 Å². The van der Waals surface area contributed by atoms with Crippen molar-refractivity contribution in [1.82, 2.24) is 4.98 Å². The Kier molecular flexibility index (Phi) is 3.83. The predicted molar refractivity (Wildman–Crippen MR) is 56.5 cm³/mol. The number of carbonyl (C=O) groups is 2. The van der Waals surface area contributed by atoms with Crippen molar-refractivity contribution in [1.29, 1.82) is 0 Å². The van der Waals surface area contributed by atoms with E-state index >= 15 is 0 Å². The van der Waals surface area contributed by atoms with Crippen molar-refractivity contribution < 1.29 is 27.5 Å². The first-order chi connectivity index (χ1) is 8.20. The van der Waals surface area contributed by atoms with Gasteiger partial charge >= 0.3 is 12.1 Å². The topological polar surface area (TPSA) is 59.2 Å². The second-order valence-corrected chi connectivity index (χ2v) is 3.65. The van der Waals surface area contributed by atoms with E-state index in [9.17, 15) is 22.8 Å². The molecular weight excluding hydrogens is 251 g/mol. The van der Waals surface area contributed by atoms with Gasteiger partial charge in [-0.2, -0.15) is 13.2 Å². The minimum absolute atomic E-state index is 0.00196. The molecule has 0 aliphatic heterocycles. The molecule has 0 aliphatic carbocycles. The first-order valence-corrected chi connectivity index (χ1v) is 5.18. The van der Waals surface area contributed by atoms with Crippen LogP contribution in [0.2, 0.25) is 0 Å². The Morgan fingerprint density at radius 1 is 1.33 bits per heavy atom. The quantitative estimate of drug-likeness (QED) is 0.673. The monoisotopic (exact) mass is 263 g/mol. The SMILES string of the molecule is CCOC(=O)c1[nH]c(C)c(C(C)=O)c1C(F)(F)F. The van der Waals surface area contributed by atoms with Gasteiger partial charge in [-0.15, -0.1) is 0 Å². The molecule has 18 heavy (non-hydrogen) atoms. The fourth-order valence-corrected chi connectivity index (χ4v) is 1.70. The van der Waals surface area contributed by atoms with Crippen LogP contribution in [0.15, 0.2) is 0 Å². The fourth-order valence-electron chi connectivity index (χ4n) is 1.70. The standard InChI is InChI=1S/C11H12F3NO3/c1-4-18-10(17)9-8(11(12,13)14)7(6(3)16)5(2)15-9/h15H,4H2,1-3H3. The number of aromatic amines is 1. The zero-order chi connectivity index (χ0) is 14.1. The summed E-state index contributed by atoms with van der Waals surface area (Å²) in [4.78, 5) is 25.0. The number of halogens is 3. The maximum absolute atomic E-state index is 12.9. The highest BCUT2D eigenvalue weighted by atomic mass is 19.4. The first-order valence-electron chi connectivity index (χ1n) is 5.18. The van der Waals surface area contributed by atoms with E-state index in [1.165, 1.54) is 13.8 Å². The zero-order valence-electron chi connectivity index (χ0n) is 10.1. The molecular formula is C11H12F3NO3. The molecule has 0 aliphatic rings. The number of alkyl halides is 3. The van der Waals surface area contributed by atoms with Crippen molar-refractivity contribution in [2.45, 2.75) is 26.9 Å². The smallest absolute Gasteiger partial charge is 0.419 e. The van der Waals surface area contributed by atoms with Crippen LogP contribution in [-0.4, -0.2) is 23.3 Å². The van der Waals surface area contributed by atoms with Crippen molar-refractivity contribution in [2.75, 3.05) is 6.61 Å². The van der Waals surface area contributed by atoms with Gasteiger partial charge in [0.25, 0.3) is 0 Å². The van der Waals surface area contributed by atoms with Crippen LogP contribution in [0.3, 0.4) is 0 Å². The van der Waals surface area contributed by atoms with Gasteiger partial charge in [0.15, 0.2) is 5.78 Å². The van der Waals surface area contributed by atoms with Gasteiger partial charge in [-0.3, -0.25) is 4.79 Å². The maximum atomic E-state index is 12.9. The van der Waals surface area contributed by atoms with E-state index in [0.29, 0.717) is 0 Å². The summed E-state index contributed by atoms with van der Waals surface area (Å²) < 4.78 is 43.2. The first kappa shape index (κ1) is 14.3. The molecule has 1 heterocycles. The predicted octanol–water partition coefficient (Wildman–Crippen LogP) is 2.72. The maximum Gasteiger partial charge on any atom is 0.419 e. The number of nitrogens with one attached hydrogen (secondary N) is 1. The molecule has 1 rings (SSSR count). The Labute approximate surface area is 101 Å². The molecule has 7 heteroatoms. The number of aryl methyl sites for hydroxylation is 1. The molecule has 1 aromatic heterocycles. The van der Waals surface area contributed by atoms with Crippen LogP contribution in [0.4, 0.5) is 13.2 Å². The fraction of sp³-hybridized carbons (Fsp3) is 0.455. The summed E-state index contributed by atoms with van der Waals surface area (Å²) in [6, 6.07) is 0. The lowest BCUT2D eigenvalue weighted by molar-refractivity contribution is -0.138. The Bertz CT molecular complexity index is 488. The third-order valence-corrected chi connectivity index (χ3v) is 2.30. The molecule has 0 atom stereocenters. The minimum Gasteiger partial charge on any atom is -0.461 e. The van der Waals surface area contributed by atoms with E-state index in [4.69, 9.17) is 0 Å². The van der Waals surface area contributed by atoms with Gasteiger partial charge in [-0.25, -0.2) is 4.79 Å². The third-order valence-electron chi connectivity index (χ3n) is 2.30. The van der Waals surface area contributed by atoms with Crippen LogP contribution < -0.4 is 0 Å². The van der Waals surface area contributed by atoms with Gasteiger partial charge in [-0.1, -0.05) is 0 Å². The lowest BCUT2D eigenvalue weighted by Gasteiger charge is -2.09. The molecule has 1 aromatic rings. The second-order valence-electron chi connectivity index (χ2n) is 3.65. The number of ketones is 1. The number of ether oxygens (including phenoxy) is 1. The summed E-state index contributed by atoms with van der Waals surface area (Å²) in [6.45, 7) is 3.74. The van der Waals surface area contributed by atoms with Crippen molar-refractivity contribution in [3.63, 3.8) is 0 Å². The molecule has 0 unspecified atom stereocenters. The highest BCUT2D eigenvalue weighted by Crippen LogP contribution is 2.36. The van der Waals surface area contributed by atoms with E-state index in [-0.39, 0.29) is 12.3 Å². The number of carbonyl (C=O) groups excluding carboxylic acids is 2. The highest BCUT2D eigenvalue weighted by molar-refractivity contribution is 6.01. The molecule has 0 radical (unpaired) electrons. The largest absolute Gasteiger partial charge is 0.461 e. The minimum atomic E-state index is -4.80. The number of esters is 1. The van der Waals surface area contributed by atoms with Crippen LogP contribution in [0.1, 0.15) is 46.0 Å². The van der Waals surface area contributed by atoms with Crippen LogP contribution in [-0.2, 0) is 10.9 Å². The normalized spacial score (nSPS) is 11.4. The second kappa shape index (κ2) is 4.83. The van der Waals surface area contributed by atoms with E-state index in [2.05, 4.69) is 9.72 Å². The number of Topliss-reactive ketones (excluding diaryl/α,β-unsaturated/α-hetero) is 1. The van der Waals surface area contributed by atoms with E-state index in [0.717, 1.165) is 6.92 Å². The van der Waals surface area contributed by atoms with Crippen molar-refractivity contribution in [3.8, 4) is 0 Å². The number of hydrogen-bond acceptors (Lipinski definition) is 3. The van der Waals surface area contributed by atoms with Crippen LogP contribution in [0, 0.1) is 6.92 Å². The van der Waals surface area contributed by atoms with E-state index < -0.39 is 34.7 Å². The van der Waals surface area contributed by atoms with Gasteiger partial charge < -0.3 is 9.72 Å². The summed E-state index contributed by atoms with van der Waals surface area (Å²) in [7, 11) is 0. The van der Waals surface area contributed by atoms with Crippen molar-refractivity contribution >= 4 is 11.8 Å². The summed E-state index contributed by atoms with van der Waals surface area (Å²) in [5.41, 5.74) is -2.51. The van der Waals surface area contributed by atoms with Crippen molar-refractivity contribution in [2.24, 2.45) is 0 Å². The Hall–Kier alpha value is -1.79. The van der Waals surface area contributed by atoms with Crippen LogP contribution in [0.25, 0.3) is 0 Å². The molecule has 0 spiro atoms. The number of rotatable bonds is 3. The number of hydrogen-bond donors (Lipinski definition) is 1. The molecule has 0 aromatic carbocycles. The average Bonchev–Trinajstić information content (AvgIpc) is 2.55. The molecule has 0 saturated heterocycles. The summed E-state index contributed by atoms with van der Waals surface area (Å²) in [5.74, 6) is -1.88. The molecule has 4 nitrogen and oxygen atoms in total. The van der Waals surface area contributed by atoms with Crippen LogP contribution >= 0.6 is 0 Å². The van der Waals surface area contributed by atoms with Gasteiger partial charge in [0, 0.05) is 5.69 Å². The Morgan fingerprint density at radius 3 is 2.28 bits per heavy atom. The number of H-pyrrole nitrogens is 1. The van der Waals surface area contributed by atoms with E-state index in [1.54, 1.807) is 0 Å². The molecule has 100 valence electrons. The Morgan fingerprint density at radius 2 is 1.89 bits per heavy atom. The summed E-state index contributed by atoms with van der Waals surface area (Å²) in [6.07, 6.45) is -4.80. The number of aromatic nitrogens is 1. The highest BCUT2D eigenvalue weighted by Gasteiger charge is 2.42. The molecule has 0 amide bonds. The van der Waals surface area contributed by atoms with Crippen LogP contribution in [0.5, 0.6) is 0 Å². The average molecular weight is 263 g/mol. The van der Waals surface area contributed by atoms with Crippen molar-refractivity contribution in [3.05, 3.63) is 22.5 Å².